The fraction of sp³-hybridized carbons (Fsp3) is 0.857. The number of rotatable bonds is 6. The molecule has 3 fully saturated rings. The number of hydrogen-bond acceptors (Lipinski definition) is 4. The summed E-state index contributed by atoms with van der Waals surface area (Å²) in [6.45, 7) is 12.5. The van der Waals surface area contributed by atoms with Crippen LogP contribution in [0.5, 0.6) is 0 Å². The van der Waals surface area contributed by atoms with Crippen molar-refractivity contribution in [2.24, 2.45) is 23.0 Å². The van der Waals surface area contributed by atoms with Gasteiger partial charge in [-0.2, -0.15) is 13.2 Å². The molecule has 7 nitrogen and oxygen atoms in total. The van der Waals surface area contributed by atoms with Gasteiger partial charge in [0.05, 0.1) is 18.6 Å². The first-order chi connectivity index (χ1) is 14.2. The number of hydrogen-bond donors (Lipinski definition) is 2. The Labute approximate surface area is 182 Å². The van der Waals surface area contributed by atoms with E-state index < -0.39 is 12.1 Å². The summed E-state index contributed by atoms with van der Waals surface area (Å²) in [7, 11) is 0. The quantitative estimate of drug-likeness (QED) is 0.606. The van der Waals surface area contributed by atoms with Crippen LogP contribution < -0.4 is 11.1 Å². The maximum Gasteiger partial charge on any atom is 0.470 e. The smallest absolute Gasteiger partial charge is 0.375 e. The third-order valence-electron chi connectivity index (χ3n) is 6.09. The average Bonchev–Trinajstić information content (AvgIpc) is 2.96. The molecule has 3 atom stereocenters. The number of nitrogens with two attached hydrogens (primary N) is 1. The van der Waals surface area contributed by atoms with Crippen LogP contribution in [0.15, 0.2) is 0 Å². The van der Waals surface area contributed by atoms with Gasteiger partial charge in [0.1, 0.15) is 0 Å². The van der Waals surface area contributed by atoms with Crippen molar-refractivity contribution in [3.05, 3.63) is 0 Å². The van der Waals surface area contributed by atoms with Gasteiger partial charge in [-0.1, -0.05) is 13.8 Å². The largest absolute Gasteiger partial charge is 0.470 e. The summed E-state index contributed by atoms with van der Waals surface area (Å²) < 4.78 is 38.0. The molecule has 0 radical (unpaired) electrons. The number of likely N-dealkylation sites (tertiary alicyclic amines) is 1. The highest BCUT2D eigenvalue weighted by Crippen LogP contribution is 2.61. The lowest BCUT2D eigenvalue weighted by Crippen LogP contribution is -2.36. The van der Waals surface area contributed by atoms with Gasteiger partial charge in [0.25, 0.3) is 0 Å². The number of halogens is 3. The lowest BCUT2D eigenvalue weighted by atomic mass is 9.96. The van der Waals surface area contributed by atoms with Crippen LogP contribution in [0.1, 0.15) is 60.3 Å². The van der Waals surface area contributed by atoms with Gasteiger partial charge in [-0.25, -0.2) is 0 Å². The number of fused-ring (bicyclic) bond motifs is 1. The number of carbonyl (C=O) groups is 3. The van der Waals surface area contributed by atoms with E-state index in [-0.39, 0.29) is 12.1 Å². The maximum atomic E-state index is 12.2. The van der Waals surface area contributed by atoms with Crippen LogP contribution in [0.25, 0.3) is 0 Å². The van der Waals surface area contributed by atoms with E-state index >= 15 is 0 Å². The van der Waals surface area contributed by atoms with Crippen LogP contribution in [0, 0.1) is 17.3 Å². The Morgan fingerprint density at radius 2 is 1.68 bits per heavy atom. The Bertz CT molecular complexity index is 607. The molecule has 2 saturated carbocycles. The first-order valence-electron chi connectivity index (χ1n) is 10.7. The highest BCUT2D eigenvalue weighted by atomic mass is 19.4. The van der Waals surface area contributed by atoms with Gasteiger partial charge in [0, 0.05) is 19.1 Å². The number of primary amides is 1. The minimum atomic E-state index is -4.86. The molecule has 0 bridgehead atoms. The molecule has 0 aromatic carbocycles. The molecule has 3 rings (SSSR count). The predicted octanol–water partition coefficient (Wildman–Crippen LogP) is 2.62. The summed E-state index contributed by atoms with van der Waals surface area (Å²) in [5.74, 6) is -0.453. The molecule has 0 spiro atoms. The fourth-order valence-electron chi connectivity index (χ4n) is 3.73. The van der Waals surface area contributed by atoms with Crippen LogP contribution in [0.2, 0.25) is 0 Å². The van der Waals surface area contributed by atoms with Gasteiger partial charge in [0.15, 0.2) is 0 Å². The highest BCUT2D eigenvalue weighted by Gasteiger charge is 2.62. The SMILES string of the molecule is CC(C)NC=O.C[C@H](CC(=O)N1CC2C(C1)C2(C)C)OC1CCC1.NC(=O)C(F)(F)F. The van der Waals surface area contributed by atoms with E-state index in [0.717, 1.165) is 24.9 Å². The zero-order valence-corrected chi connectivity index (χ0v) is 19.0. The summed E-state index contributed by atoms with van der Waals surface area (Å²) in [6.07, 6.45) is 0.574. The Morgan fingerprint density at radius 1 is 1.19 bits per heavy atom. The van der Waals surface area contributed by atoms with Crippen molar-refractivity contribution in [2.45, 2.75) is 84.7 Å². The van der Waals surface area contributed by atoms with Gasteiger partial charge in [0.2, 0.25) is 12.3 Å². The fourth-order valence-corrected chi connectivity index (χ4v) is 3.73. The zero-order chi connectivity index (χ0) is 24.0. The number of alkyl halides is 3. The van der Waals surface area contributed by atoms with E-state index in [1.54, 1.807) is 0 Å². The Morgan fingerprint density at radius 3 is 1.97 bits per heavy atom. The number of carbonyl (C=O) groups excluding carboxylic acids is 3. The highest BCUT2D eigenvalue weighted by molar-refractivity contribution is 5.79. The van der Waals surface area contributed by atoms with Crippen molar-refractivity contribution in [1.29, 1.82) is 0 Å². The molecule has 3 N–H and O–H groups in total. The normalized spacial score (nSPS) is 24.5. The van der Waals surface area contributed by atoms with Crippen molar-refractivity contribution < 1.29 is 32.3 Å². The van der Waals surface area contributed by atoms with Crippen LogP contribution in [0.4, 0.5) is 13.2 Å². The lowest BCUT2D eigenvalue weighted by molar-refractivity contribution is -0.169. The monoisotopic (exact) mass is 451 g/mol. The van der Waals surface area contributed by atoms with Crippen LogP contribution in [-0.2, 0) is 19.1 Å². The van der Waals surface area contributed by atoms with Gasteiger partial charge in [-0.3, -0.25) is 14.4 Å². The van der Waals surface area contributed by atoms with Gasteiger partial charge >= 0.3 is 12.1 Å². The van der Waals surface area contributed by atoms with Crippen molar-refractivity contribution in [1.82, 2.24) is 10.2 Å². The molecule has 2 unspecified atom stereocenters. The third-order valence-corrected chi connectivity index (χ3v) is 6.09. The standard InChI is InChI=1S/C15H25NO2.C4H9NO.C2H2F3NO/c1-10(18-11-5-4-6-11)7-14(17)16-8-12-13(9-16)15(12,2)3;1-4(2)5-3-6;3-2(4,5)1(6)7/h10-13H,4-9H2,1-3H3;3-4H,1-2H3,(H,5,6);(H2,6,7)/t10-,12?,13?;;/m1../s1. The van der Waals surface area contributed by atoms with E-state index in [0.29, 0.717) is 30.3 Å². The summed E-state index contributed by atoms with van der Waals surface area (Å²) in [4.78, 5) is 32.8. The van der Waals surface area contributed by atoms with Gasteiger partial charge in [-0.15, -0.1) is 0 Å². The molecular formula is C21H36F3N3O4. The van der Waals surface area contributed by atoms with Crippen molar-refractivity contribution in [2.75, 3.05) is 13.1 Å². The Balaban J connectivity index is 0.000000308. The Kier molecular flexibility index (Phi) is 9.78. The molecule has 1 saturated heterocycles. The van der Waals surface area contributed by atoms with Crippen LogP contribution in [-0.4, -0.2) is 60.6 Å². The van der Waals surface area contributed by atoms with Crippen molar-refractivity contribution in [3.8, 4) is 0 Å². The second-order valence-corrected chi connectivity index (χ2v) is 9.34. The first-order valence-corrected chi connectivity index (χ1v) is 10.7. The lowest BCUT2D eigenvalue weighted by Gasteiger charge is -2.30. The van der Waals surface area contributed by atoms with Crippen LogP contribution >= 0.6 is 0 Å². The van der Waals surface area contributed by atoms with Crippen LogP contribution in [0.3, 0.4) is 0 Å². The average molecular weight is 452 g/mol. The number of nitrogens with zero attached hydrogens (tertiary/aromatic N) is 1. The summed E-state index contributed by atoms with van der Waals surface area (Å²) in [5.41, 5.74) is 4.30. The number of ether oxygens (including phenoxy) is 1. The number of amides is 3. The summed E-state index contributed by atoms with van der Waals surface area (Å²) in [6, 6.07) is 0.280. The summed E-state index contributed by atoms with van der Waals surface area (Å²) >= 11 is 0. The second kappa shape index (κ2) is 11.2. The Hall–Kier alpha value is -1.84. The molecule has 180 valence electrons. The predicted molar refractivity (Wildman–Crippen MR) is 110 cm³/mol. The number of piperidine rings is 1. The summed E-state index contributed by atoms with van der Waals surface area (Å²) in [5, 5.41) is 2.53. The molecule has 3 amide bonds. The molecule has 0 aromatic heterocycles. The van der Waals surface area contributed by atoms with E-state index in [1.807, 2.05) is 20.8 Å². The van der Waals surface area contributed by atoms with Crippen molar-refractivity contribution >= 4 is 18.2 Å². The van der Waals surface area contributed by atoms with Crippen molar-refractivity contribution in [3.63, 3.8) is 0 Å². The molecule has 0 aromatic rings. The van der Waals surface area contributed by atoms with E-state index in [9.17, 15) is 22.8 Å². The van der Waals surface area contributed by atoms with E-state index in [2.05, 4.69) is 29.8 Å². The van der Waals surface area contributed by atoms with E-state index in [4.69, 9.17) is 9.53 Å². The molecular weight excluding hydrogens is 415 g/mol. The molecule has 31 heavy (non-hydrogen) atoms. The topological polar surface area (TPSA) is 102 Å². The number of nitrogens with one attached hydrogen (secondary N) is 1. The van der Waals surface area contributed by atoms with Gasteiger partial charge < -0.3 is 20.7 Å². The first kappa shape index (κ1) is 27.2. The molecule has 2 aliphatic carbocycles. The van der Waals surface area contributed by atoms with E-state index in [1.165, 1.54) is 19.3 Å². The molecule has 3 aliphatic rings. The zero-order valence-electron chi connectivity index (χ0n) is 19.0. The molecule has 1 aliphatic heterocycles. The molecule has 10 heteroatoms. The minimum Gasteiger partial charge on any atom is -0.375 e. The molecule has 1 heterocycles. The maximum absolute atomic E-state index is 12.2. The minimum absolute atomic E-state index is 0.0905. The second-order valence-electron chi connectivity index (χ2n) is 9.34. The van der Waals surface area contributed by atoms with Gasteiger partial charge in [-0.05, 0) is 57.3 Å². The third kappa shape index (κ3) is 8.66.